The molecule has 1 aliphatic rings. The topological polar surface area (TPSA) is 153 Å². The fourth-order valence-electron chi connectivity index (χ4n) is 5.90. The number of ether oxygens (including phenoxy) is 2. The summed E-state index contributed by atoms with van der Waals surface area (Å²) in [5.74, 6) is -1.88. The van der Waals surface area contributed by atoms with Crippen molar-refractivity contribution in [3.05, 3.63) is 0 Å². The van der Waals surface area contributed by atoms with Gasteiger partial charge in [-0.3, -0.25) is 19.4 Å². The summed E-state index contributed by atoms with van der Waals surface area (Å²) in [4.78, 5) is 61.2. The lowest BCUT2D eigenvalue weighted by atomic mass is 9.90. The largest absolute Gasteiger partial charge is 0.480 e. The minimum atomic E-state index is -1.10. The molecule has 1 heterocycles. The number of hydrogen-bond donors (Lipinski definition) is 3. The van der Waals surface area contributed by atoms with E-state index in [1.807, 2.05) is 41.8 Å². The number of guanidine groups is 1. The van der Waals surface area contributed by atoms with Crippen LogP contribution in [0.3, 0.4) is 0 Å². The Balaban J connectivity index is 0.00000947. The number of rotatable bonds is 16. The van der Waals surface area contributed by atoms with Gasteiger partial charge in [-0.25, -0.2) is 4.79 Å². The predicted octanol–water partition coefficient (Wildman–Crippen LogP) is 2.44. The Morgan fingerprint density at radius 3 is 2.04 bits per heavy atom. The monoisotopic (exact) mass is 642 g/mol. The van der Waals surface area contributed by atoms with Gasteiger partial charge in [0, 0.05) is 49.0 Å². The van der Waals surface area contributed by atoms with Crippen LogP contribution in [0.1, 0.15) is 80.6 Å². The van der Waals surface area contributed by atoms with E-state index in [4.69, 9.17) is 9.47 Å². The molecule has 1 aliphatic heterocycles. The van der Waals surface area contributed by atoms with Gasteiger partial charge in [-0.05, 0) is 32.1 Å². The zero-order valence-electron chi connectivity index (χ0n) is 30.0. The molecule has 3 amide bonds. The summed E-state index contributed by atoms with van der Waals surface area (Å²) in [6, 6.07) is -2.28. The van der Waals surface area contributed by atoms with Crippen molar-refractivity contribution in [1.82, 2.24) is 25.3 Å². The minimum Gasteiger partial charge on any atom is -0.480 e. The Morgan fingerprint density at radius 2 is 1.60 bits per heavy atom. The Hall–Kier alpha value is -2.93. The number of hydrogen-bond acceptors (Lipinski definition) is 7. The molecule has 0 aromatic heterocycles. The van der Waals surface area contributed by atoms with Crippen LogP contribution in [0, 0.1) is 11.8 Å². The van der Waals surface area contributed by atoms with Gasteiger partial charge in [0.05, 0.1) is 36.6 Å². The lowest BCUT2D eigenvalue weighted by molar-refractivity contribution is -0.147. The quantitative estimate of drug-likeness (QED) is 0.170. The Bertz CT molecular complexity index is 962. The summed E-state index contributed by atoms with van der Waals surface area (Å²) in [5.41, 5.74) is 0. The number of carboxylic acids is 1. The molecule has 1 fully saturated rings. The van der Waals surface area contributed by atoms with Crippen molar-refractivity contribution in [3.63, 3.8) is 0 Å². The summed E-state index contributed by atoms with van der Waals surface area (Å²) < 4.78 is 11.7. The molecule has 0 aromatic carbocycles. The second kappa shape index (κ2) is 21.0. The van der Waals surface area contributed by atoms with Crippen LogP contribution in [0.25, 0.3) is 0 Å². The molecule has 0 bridgehead atoms. The summed E-state index contributed by atoms with van der Waals surface area (Å²) in [6.07, 6.45) is 1.29. The van der Waals surface area contributed by atoms with Crippen LogP contribution in [0.4, 0.5) is 0 Å². The Kier molecular flexibility index (Phi) is 19.6. The third kappa shape index (κ3) is 11.7. The number of aliphatic carboxylic acids is 1. The first-order valence-corrected chi connectivity index (χ1v) is 16.3. The summed E-state index contributed by atoms with van der Waals surface area (Å²) in [6.45, 7) is 13.8. The number of aliphatic imine (C=N–C) groups is 1. The van der Waals surface area contributed by atoms with Gasteiger partial charge in [0.25, 0.3) is 0 Å². The van der Waals surface area contributed by atoms with Crippen molar-refractivity contribution in [1.29, 1.82) is 0 Å². The molecule has 13 heteroatoms. The van der Waals surface area contributed by atoms with E-state index in [1.54, 1.807) is 56.7 Å². The first-order chi connectivity index (χ1) is 21.2. The highest BCUT2D eigenvalue weighted by Gasteiger charge is 2.42. The maximum Gasteiger partial charge on any atom is 0.326 e. The number of carboxylic acid groups (broad SMARTS) is 1. The van der Waals surface area contributed by atoms with Gasteiger partial charge in [0.1, 0.15) is 12.1 Å². The van der Waals surface area contributed by atoms with Crippen molar-refractivity contribution in [3.8, 4) is 0 Å². The maximum absolute atomic E-state index is 13.8. The number of amides is 3. The first-order valence-electron chi connectivity index (χ1n) is 16.3. The van der Waals surface area contributed by atoms with E-state index in [9.17, 15) is 24.3 Å². The second-order valence-corrected chi connectivity index (χ2v) is 11.7. The maximum atomic E-state index is 13.8. The summed E-state index contributed by atoms with van der Waals surface area (Å²) >= 11 is 0. The third-order valence-electron chi connectivity index (χ3n) is 8.63. The van der Waals surface area contributed by atoms with Gasteiger partial charge >= 0.3 is 5.97 Å². The molecule has 3 N–H and O–H groups in total. The van der Waals surface area contributed by atoms with Crippen LogP contribution in [0.2, 0.25) is 0 Å². The van der Waals surface area contributed by atoms with E-state index in [2.05, 4.69) is 15.6 Å². The molecule has 0 aromatic rings. The van der Waals surface area contributed by atoms with Crippen LogP contribution in [-0.2, 0) is 28.7 Å². The van der Waals surface area contributed by atoms with Crippen molar-refractivity contribution in [2.75, 3.05) is 49.0 Å². The van der Waals surface area contributed by atoms with Gasteiger partial charge in [-0.1, -0.05) is 48.0 Å². The van der Waals surface area contributed by atoms with E-state index >= 15 is 0 Å². The minimum absolute atomic E-state index is 0.0395. The highest BCUT2D eigenvalue weighted by molar-refractivity contribution is 5.89. The van der Waals surface area contributed by atoms with E-state index < -0.39 is 42.1 Å². The molecule has 1 saturated heterocycles. The SMILES string of the molecule is CC.CCC(C)C(C(CC(=O)N1CCCC1C(OC)C(C)C(=O)N[C@@H](CC)C(=O)O)OC)N(C)C(=O)[C@H](C)NC(=NC)N(C)C. The van der Waals surface area contributed by atoms with Crippen molar-refractivity contribution < 1.29 is 33.8 Å². The highest BCUT2D eigenvalue weighted by atomic mass is 16.5. The number of methoxy groups -OCH3 is 2. The molecule has 0 aliphatic carbocycles. The zero-order chi connectivity index (χ0) is 35.0. The Labute approximate surface area is 271 Å². The zero-order valence-corrected chi connectivity index (χ0v) is 30.0. The molecular formula is C32H62N6O7. The van der Waals surface area contributed by atoms with Crippen molar-refractivity contribution in [2.24, 2.45) is 16.8 Å². The summed E-state index contributed by atoms with van der Waals surface area (Å²) in [7, 11) is 10.1. The molecule has 8 atom stereocenters. The van der Waals surface area contributed by atoms with Crippen molar-refractivity contribution >= 4 is 29.7 Å². The molecule has 13 nitrogen and oxygen atoms in total. The van der Waals surface area contributed by atoms with Gasteiger partial charge < -0.3 is 39.9 Å². The average Bonchev–Trinajstić information content (AvgIpc) is 3.51. The molecule has 0 radical (unpaired) electrons. The molecule has 262 valence electrons. The first kappa shape index (κ1) is 42.1. The molecule has 0 saturated carbocycles. The fourth-order valence-corrected chi connectivity index (χ4v) is 5.90. The smallest absolute Gasteiger partial charge is 0.326 e. The van der Waals surface area contributed by atoms with Crippen molar-refractivity contribution in [2.45, 2.75) is 117 Å². The van der Waals surface area contributed by atoms with E-state index in [0.717, 1.165) is 12.8 Å². The van der Waals surface area contributed by atoms with Gasteiger partial charge in [0.15, 0.2) is 5.96 Å². The average molecular weight is 643 g/mol. The predicted molar refractivity (Wildman–Crippen MR) is 177 cm³/mol. The number of carbonyl (C=O) groups is 4. The summed E-state index contributed by atoms with van der Waals surface area (Å²) in [5, 5.41) is 15.1. The van der Waals surface area contributed by atoms with Crippen LogP contribution in [-0.4, -0.2) is 135 Å². The number of carbonyl (C=O) groups excluding carboxylic acids is 3. The normalized spacial score (nSPS) is 19.5. The van der Waals surface area contributed by atoms with Crippen LogP contribution in [0.15, 0.2) is 4.99 Å². The van der Waals surface area contributed by atoms with Crippen LogP contribution < -0.4 is 10.6 Å². The van der Waals surface area contributed by atoms with E-state index in [1.165, 1.54) is 7.11 Å². The van der Waals surface area contributed by atoms with Gasteiger partial charge in [-0.2, -0.15) is 0 Å². The standard InChI is InChI=1S/C30H56N6O7.C2H6/c1-12-18(3)25(35(9)28(39)20(5)32-30(31-6)34(7)8)23(42-10)17-24(37)36-16-14-15-22(36)26(43-11)19(4)27(38)33-21(13-2)29(40)41;1-2/h18-23,25-26H,12-17H2,1-11H3,(H,31,32)(H,33,38)(H,40,41);1-2H3/t18?,19?,20-,21-,22?,23?,25?,26?;/m0./s1. The molecule has 45 heavy (non-hydrogen) atoms. The Morgan fingerprint density at radius 1 is 1.00 bits per heavy atom. The molecular weight excluding hydrogens is 580 g/mol. The number of likely N-dealkylation sites (tertiary alicyclic amines) is 1. The number of likely N-dealkylation sites (N-methyl/N-ethyl adjacent to an activating group) is 1. The van der Waals surface area contributed by atoms with Crippen LogP contribution in [0.5, 0.6) is 0 Å². The lowest BCUT2D eigenvalue weighted by Gasteiger charge is -2.40. The number of nitrogens with one attached hydrogen (secondary N) is 2. The number of nitrogens with zero attached hydrogens (tertiary/aromatic N) is 4. The molecule has 6 unspecified atom stereocenters. The highest BCUT2D eigenvalue weighted by Crippen LogP contribution is 2.29. The molecule has 1 rings (SSSR count). The van der Waals surface area contributed by atoms with Gasteiger partial charge in [-0.15, -0.1) is 0 Å². The second-order valence-electron chi connectivity index (χ2n) is 11.7. The van der Waals surface area contributed by atoms with E-state index in [0.29, 0.717) is 18.9 Å². The third-order valence-corrected chi connectivity index (χ3v) is 8.63. The van der Waals surface area contributed by atoms with Crippen LogP contribution >= 0.6 is 0 Å². The fraction of sp³-hybridized carbons (Fsp3) is 0.844. The van der Waals surface area contributed by atoms with Gasteiger partial charge in [0.2, 0.25) is 17.7 Å². The lowest BCUT2D eigenvalue weighted by Crippen LogP contribution is -2.57. The molecule has 0 spiro atoms. The van der Waals surface area contributed by atoms with E-state index in [-0.39, 0.29) is 42.7 Å².